The fraction of sp³-hybridized carbons (Fsp3) is 0.643. The van der Waals surface area contributed by atoms with Crippen molar-refractivity contribution in [1.29, 1.82) is 0 Å². The van der Waals surface area contributed by atoms with Gasteiger partial charge in [0.25, 0.3) is 5.91 Å². The van der Waals surface area contributed by atoms with E-state index in [1.807, 2.05) is 56.0 Å². The lowest BCUT2D eigenvalue weighted by molar-refractivity contribution is 0.00935. The SMILES string of the molecule is COCCCCc1c(C(=O)N(CC(C)C)[C@H]2CCCN(C(=O)OC(C)(C)C)C2)nnn1-c1ccccc1. The predicted octanol–water partition coefficient (Wildman–Crippen LogP) is 4.73. The number of benzene rings is 1. The van der Waals surface area contributed by atoms with Crippen molar-refractivity contribution in [3.63, 3.8) is 0 Å². The Kier molecular flexibility index (Phi) is 10.1. The summed E-state index contributed by atoms with van der Waals surface area (Å²) in [6.45, 7) is 12.1. The van der Waals surface area contributed by atoms with Crippen LogP contribution in [0.2, 0.25) is 0 Å². The maximum atomic E-state index is 14.1. The lowest BCUT2D eigenvalue weighted by Crippen LogP contribution is -2.53. The van der Waals surface area contributed by atoms with Gasteiger partial charge in [-0.2, -0.15) is 0 Å². The maximum Gasteiger partial charge on any atom is 0.410 e. The van der Waals surface area contributed by atoms with E-state index in [4.69, 9.17) is 9.47 Å². The second kappa shape index (κ2) is 13.0. The number of nitrogens with zero attached hydrogens (tertiary/aromatic N) is 5. The minimum Gasteiger partial charge on any atom is -0.444 e. The molecular weight excluding hydrogens is 470 g/mol. The largest absolute Gasteiger partial charge is 0.444 e. The predicted molar refractivity (Wildman–Crippen MR) is 143 cm³/mol. The van der Waals surface area contributed by atoms with Crippen LogP contribution in [0.4, 0.5) is 4.79 Å². The van der Waals surface area contributed by atoms with Crippen LogP contribution in [0.1, 0.15) is 76.5 Å². The molecule has 0 N–H and O–H groups in total. The molecule has 204 valence electrons. The molecular formula is C28H43N5O4. The van der Waals surface area contributed by atoms with E-state index in [0.29, 0.717) is 38.4 Å². The molecule has 0 saturated carbocycles. The molecule has 1 aromatic heterocycles. The van der Waals surface area contributed by atoms with E-state index in [2.05, 4.69) is 24.2 Å². The summed E-state index contributed by atoms with van der Waals surface area (Å²) in [6, 6.07) is 9.67. The van der Waals surface area contributed by atoms with Crippen molar-refractivity contribution < 1.29 is 19.1 Å². The number of hydrogen-bond donors (Lipinski definition) is 0. The third-order valence-electron chi connectivity index (χ3n) is 6.29. The molecule has 1 saturated heterocycles. The van der Waals surface area contributed by atoms with Crippen LogP contribution in [0, 0.1) is 5.92 Å². The van der Waals surface area contributed by atoms with E-state index in [-0.39, 0.29) is 24.0 Å². The highest BCUT2D eigenvalue weighted by Gasteiger charge is 2.35. The highest BCUT2D eigenvalue weighted by molar-refractivity contribution is 5.93. The Morgan fingerprint density at radius 3 is 2.54 bits per heavy atom. The number of methoxy groups -OCH3 is 1. The third kappa shape index (κ3) is 8.02. The summed E-state index contributed by atoms with van der Waals surface area (Å²) in [5.41, 5.74) is 1.50. The number of likely N-dealkylation sites (tertiary alicyclic amines) is 1. The van der Waals surface area contributed by atoms with Gasteiger partial charge >= 0.3 is 6.09 Å². The fourth-order valence-corrected chi connectivity index (χ4v) is 4.64. The number of rotatable bonds is 10. The summed E-state index contributed by atoms with van der Waals surface area (Å²) in [4.78, 5) is 30.5. The third-order valence-corrected chi connectivity index (χ3v) is 6.29. The number of para-hydroxylation sites is 1. The van der Waals surface area contributed by atoms with Crippen LogP contribution < -0.4 is 0 Å². The Balaban J connectivity index is 1.89. The first-order valence-electron chi connectivity index (χ1n) is 13.4. The molecule has 0 unspecified atom stereocenters. The molecule has 9 nitrogen and oxygen atoms in total. The molecule has 2 amide bonds. The summed E-state index contributed by atoms with van der Waals surface area (Å²) in [5.74, 6) is 0.129. The highest BCUT2D eigenvalue weighted by atomic mass is 16.6. The molecule has 0 radical (unpaired) electrons. The van der Waals surface area contributed by atoms with E-state index >= 15 is 0 Å². The number of amides is 2. The van der Waals surface area contributed by atoms with Gasteiger partial charge in [-0.3, -0.25) is 4.79 Å². The van der Waals surface area contributed by atoms with Crippen LogP contribution >= 0.6 is 0 Å². The minimum absolute atomic E-state index is 0.112. The van der Waals surface area contributed by atoms with Crippen molar-refractivity contribution in [3.05, 3.63) is 41.7 Å². The number of piperidine rings is 1. The summed E-state index contributed by atoms with van der Waals surface area (Å²) >= 11 is 0. The van der Waals surface area contributed by atoms with Gasteiger partial charge in [0.2, 0.25) is 0 Å². The molecule has 1 fully saturated rings. The molecule has 2 aromatic rings. The smallest absolute Gasteiger partial charge is 0.410 e. The maximum absolute atomic E-state index is 14.1. The van der Waals surface area contributed by atoms with Crippen molar-refractivity contribution in [2.24, 2.45) is 5.92 Å². The van der Waals surface area contributed by atoms with Gasteiger partial charge in [0, 0.05) is 39.4 Å². The summed E-state index contributed by atoms with van der Waals surface area (Å²) in [6.07, 6.45) is 3.71. The fourth-order valence-electron chi connectivity index (χ4n) is 4.64. The second-order valence-corrected chi connectivity index (χ2v) is 11.2. The minimum atomic E-state index is -0.564. The Morgan fingerprint density at radius 1 is 1.16 bits per heavy atom. The first-order chi connectivity index (χ1) is 17.6. The van der Waals surface area contributed by atoms with Gasteiger partial charge in [-0.05, 0) is 70.9 Å². The van der Waals surface area contributed by atoms with Gasteiger partial charge in [-0.15, -0.1) is 5.10 Å². The van der Waals surface area contributed by atoms with Gasteiger partial charge in [0.15, 0.2) is 5.69 Å². The quantitative estimate of drug-likeness (QED) is 0.427. The van der Waals surface area contributed by atoms with Crippen LogP contribution in [0.3, 0.4) is 0 Å². The number of ether oxygens (including phenoxy) is 2. The Hall–Kier alpha value is -2.94. The van der Waals surface area contributed by atoms with Gasteiger partial charge in [-0.25, -0.2) is 9.48 Å². The van der Waals surface area contributed by atoms with Crippen molar-refractivity contribution >= 4 is 12.0 Å². The normalized spacial score (nSPS) is 16.2. The van der Waals surface area contributed by atoms with Crippen molar-refractivity contribution in [2.45, 2.75) is 78.4 Å². The number of carbonyl (C=O) groups is 2. The lowest BCUT2D eigenvalue weighted by atomic mass is 10.0. The average molecular weight is 514 g/mol. The summed E-state index contributed by atoms with van der Waals surface area (Å²) in [5, 5.41) is 8.80. The van der Waals surface area contributed by atoms with Crippen molar-refractivity contribution in [1.82, 2.24) is 24.8 Å². The second-order valence-electron chi connectivity index (χ2n) is 11.2. The molecule has 37 heavy (non-hydrogen) atoms. The topological polar surface area (TPSA) is 89.8 Å². The Morgan fingerprint density at radius 2 is 1.89 bits per heavy atom. The van der Waals surface area contributed by atoms with Crippen molar-refractivity contribution in [3.8, 4) is 5.69 Å². The van der Waals surface area contributed by atoms with E-state index in [1.54, 1.807) is 16.7 Å². The number of carbonyl (C=O) groups excluding carboxylic acids is 2. The number of hydrogen-bond acceptors (Lipinski definition) is 6. The summed E-state index contributed by atoms with van der Waals surface area (Å²) in [7, 11) is 1.69. The first kappa shape index (κ1) is 28.6. The molecule has 1 aliphatic heterocycles. The van der Waals surface area contributed by atoms with Crippen LogP contribution in [-0.4, -0.2) is 81.8 Å². The van der Waals surface area contributed by atoms with E-state index in [0.717, 1.165) is 37.1 Å². The average Bonchev–Trinajstić information content (AvgIpc) is 3.28. The van der Waals surface area contributed by atoms with Gasteiger partial charge in [0.1, 0.15) is 5.60 Å². The van der Waals surface area contributed by atoms with Crippen LogP contribution in [0.5, 0.6) is 0 Å². The molecule has 2 heterocycles. The molecule has 1 aromatic carbocycles. The molecule has 0 bridgehead atoms. The molecule has 9 heteroatoms. The Bertz CT molecular complexity index is 1020. The monoisotopic (exact) mass is 513 g/mol. The highest BCUT2D eigenvalue weighted by Crippen LogP contribution is 2.24. The lowest BCUT2D eigenvalue weighted by Gasteiger charge is -2.40. The molecule has 1 aliphatic rings. The van der Waals surface area contributed by atoms with Crippen LogP contribution in [0.15, 0.2) is 30.3 Å². The van der Waals surface area contributed by atoms with E-state index in [9.17, 15) is 9.59 Å². The molecule has 3 rings (SSSR count). The van der Waals surface area contributed by atoms with Gasteiger partial charge < -0.3 is 19.3 Å². The van der Waals surface area contributed by atoms with Crippen LogP contribution in [-0.2, 0) is 15.9 Å². The van der Waals surface area contributed by atoms with E-state index < -0.39 is 5.60 Å². The molecule has 0 spiro atoms. The molecule has 1 atom stereocenters. The zero-order valence-corrected chi connectivity index (χ0v) is 23.3. The van der Waals surface area contributed by atoms with Gasteiger partial charge in [0.05, 0.1) is 11.4 Å². The zero-order valence-electron chi connectivity index (χ0n) is 23.3. The van der Waals surface area contributed by atoms with Gasteiger partial charge in [-0.1, -0.05) is 37.3 Å². The molecule has 0 aliphatic carbocycles. The Labute approximate surface area is 221 Å². The number of aromatic nitrogens is 3. The van der Waals surface area contributed by atoms with Crippen LogP contribution in [0.25, 0.3) is 5.69 Å². The first-order valence-corrected chi connectivity index (χ1v) is 13.4. The van der Waals surface area contributed by atoms with Crippen molar-refractivity contribution in [2.75, 3.05) is 33.4 Å². The zero-order chi connectivity index (χ0) is 27.0. The summed E-state index contributed by atoms with van der Waals surface area (Å²) < 4.78 is 12.6. The van der Waals surface area contributed by atoms with E-state index in [1.165, 1.54) is 0 Å². The standard InChI is InChI=1S/C28H43N5O4/c1-21(2)19-32(23-15-12-17-31(20-23)27(35)37-28(3,4)5)26(34)25-24(16-10-11-18-36-6)33(30-29-25)22-13-8-7-9-14-22/h7-9,13-14,21,23H,10-12,15-20H2,1-6H3/t23-/m0/s1. The number of unbranched alkanes of at least 4 members (excludes halogenated alkanes) is 1.